The number of nitrogens with zero attached hydrogens (tertiary/aromatic N) is 3. The maximum atomic E-state index is 12.1. The van der Waals surface area contributed by atoms with Crippen molar-refractivity contribution >= 4 is 11.9 Å². The van der Waals surface area contributed by atoms with Gasteiger partial charge in [0.2, 0.25) is 11.9 Å². The van der Waals surface area contributed by atoms with Gasteiger partial charge in [-0.1, -0.05) is 12.8 Å². The van der Waals surface area contributed by atoms with Gasteiger partial charge in [-0.3, -0.25) is 10.1 Å². The maximum absolute atomic E-state index is 12.1. The van der Waals surface area contributed by atoms with Gasteiger partial charge in [-0.2, -0.15) is 10.1 Å². The molecule has 1 saturated carbocycles. The number of amides is 1. The standard InChI is InChI=1S/C10H17N5O/c1-15-9(12-7-13-15)14-8(16)10(6-11)4-2-3-5-10/h7H,2-6,11H2,1H3,(H,12,13,14,16). The van der Waals surface area contributed by atoms with Gasteiger partial charge in [-0.25, -0.2) is 4.68 Å². The van der Waals surface area contributed by atoms with Crippen LogP contribution in [0.5, 0.6) is 0 Å². The third kappa shape index (κ3) is 1.80. The summed E-state index contributed by atoms with van der Waals surface area (Å²) in [7, 11) is 1.74. The smallest absolute Gasteiger partial charge is 0.234 e. The van der Waals surface area contributed by atoms with E-state index in [-0.39, 0.29) is 5.91 Å². The second-order valence-electron chi connectivity index (χ2n) is 4.35. The van der Waals surface area contributed by atoms with Crippen molar-refractivity contribution < 1.29 is 4.79 Å². The Kier molecular flexibility index (Phi) is 2.91. The van der Waals surface area contributed by atoms with E-state index >= 15 is 0 Å². The Bertz CT molecular complexity index is 380. The number of aryl methyl sites for hydroxylation is 1. The van der Waals surface area contributed by atoms with E-state index in [0.717, 1.165) is 25.7 Å². The minimum Gasteiger partial charge on any atom is -0.329 e. The van der Waals surface area contributed by atoms with Crippen LogP contribution in [0.4, 0.5) is 5.95 Å². The molecule has 16 heavy (non-hydrogen) atoms. The van der Waals surface area contributed by atoms with E-state index in [0.29, 0.717) is 12.5 Å². The fourth-order valence-electron chi connectivity index (χ4n) is 2.22. The molecule has 88 valence electrons. The lowest BCUT2D eigenvalue weighted by Gasteiger charge is -2.25. The zero-order valence-corrected chi connectivity index (χ0v) is 9.44. The molecular weight excluding hydrogens is 206 g/mol. The molecule has 1 aliphatic carbocycles. The van der Waals surface area contributed by atoms with Gasteiger partial charge in [0.15, 0.2) is 0 Å². The monoisotopic (exact) mass is 223 g/mol. The lowest BCUT2D eigenvalue weighted by Crippen LogP contribution is -2.40. The van der Waals surface area contributed by atoms with Crippen LogP contribution in [0.2, 0.25) is 0 Å². The molecule has 0 aliphatic heterocycles. The lowest BCUT2D eigenvalue weighted by atomic mass is 9.85. The molecule has 3 N–H and O–H groups in total. The van der Waals surface area contributed by atoms with E-state index in [1.165, 1.54) is 11.0 Å². The molecule has 0 radical (unpaired) electrons. The molecule has 0 unspecified atom stereocenters. The molecule has 6 heteroatoms. The van der Waals surface area contributed by atoms with Crippen molar-refractivity contribution in [2.75, 3.05) is 11.9 Å². The van der Waals surface area contributed by atoms with E-state index in [1.54, 1.807) is 7.05 Å². The van der Waals surface area contributed by atoms with Crippen LogP contribution >= 0.6 is 0 Å². The quantitative estimate of drug-likeness (QED) is 0.770. The zero-order chi connectivity index (χ0) is 11.6. The van der Waals surface area contributed by atoms with Crippen LogP contribution in [0.15, 0.2) is 6.33 Å². The topological polar surface area (TPSA) is 85.8 Å². The first-order valence-electron chi connectivity index (χ1n) is 5.53. The number of carbonyl (C=O) groups excluding carboxylic acids is 1. The summed E-state index contributed by atoms with van der Waals surface area (Å²) in [4.78, 5) is 16.1. The van der Waals surface area contributed by atoms with Gasteiger partial charge in [0.1, 0.15) is 6.33 Å². The van der Waals surface area contributed by atoms with Gasteiger partial charge in [0.25, 0.3) is 0 Å². The van der Waals surface area contributed by atoms with Crippen molar-refractivity contribution in [3.8, 4) is 0 Å². The molecule has 0 atom stereocenters. The predicted octanol–water partition coefficient (Wildman–Crippen LogP) is 0.273. The van der Waals surface area contributed by atoms with Gasteiger partial charge in [-0.05, 0) is 12.8 Å². The fourth-order valence-corrected chi connectivity index (χ4v) is 2.22. The molecule has 1 fully saturated rings. The molecule has 1 aliphatic rings. The summed E-state index contributed by atoms with van der Waals surface area (Å²) >= 11 is 0. The summed E-state index contributed by atoms with van der Waals surface area (Å²) in [5, 5.41) is 6.70. The Morgan fingerprint density at radius 2 is 2.31 bits per heavy atom. The minimum absolute atomic E-state index is 0.0244. The van der Waals surface area contributed by atoms with Crippen molar-refractivity contribution in [2.45, 2.75) is 25.7 Å². The number of hydrogen-bond donors (Lipinski definition) is 2. The van der Waals surface area contributed by atoms with Crippen LogP contribution in [0.3, 0.4) is 0 Å². The SMILES string of the molecule is Cn1ncnc1NC(=O)C1(CN)CCCC1. The molecule has 1 aromatic heterocycles. The van der Waals surface area contributed by atoms with Crippen molar-refractivity contribution in [3.05, 3.63) is 6.33 Å². The molecule has 1 aromatic rings. The molecular formula is C10H17N5O. The highest BCUT2D eigenvalue weighted by molar-refractivity contribution is 5.94. The van der Waals surface area contributed by atoms with Crippen molar-refractivity contribution in [3.63, 3.8) is 0 Å². The molecule has 0 saturated heterocycles. The summed E-state index contributed by atoms with van der Waals surface area (Å²) in [5.74, 6) is 0.452. The first-order chi connectivity index (χ1) is 7.68. The summed E-state index contributed by atoms with van der Waals surface area (Å²) in [5.41, 5.74) is 5.34. The number of nitrogens with two attached hydrogens (primary N) is 1. The van der Waals surface area contributed by atoms with Crippen LogP contribution < -0.4 is 11.1 Å². The molecule has 0 spiro atoms. The highest BCUT2D eigenvalue weighted by atomic mass is 16.2. The Morgan fingerprint density at radius 1 is 1.62 bits per heavy atom. The number of rotatable bonds is 3. The predicted molar refractivity (Wildman–Crippen MR) is 59.6 cm³/mol. The average molecular weight is 223 g/mol. The highest BCUT2D eigenvalue weighted by Gasteiger charge is 2.40. The van der Waals surface area contributed by atoms with Crippen LogP contribution in [0.25, 0.3) is 0 Å². The molecule has 1 amide bonds. The molecule has 6 nitrogen and oxygen atoms in total. The van der Waals surface area contributed by atoms with E-state index in [4.69, 9.17) is 5.73 Å². The van der Waals surface area contributed by atoms with Crippen molar-refractivity contribution in [1.29, 1.82) is 0 Å². The van der Waals surface area contributed by atoms with E-state index in [1.807, 2.05) is 0 Å². The molecule has 2 rings (SSSR count). The fraction of sp³-hybridized carbons (Fsp3) is 0.700. The number of aromatic nitrogens is 3. The van der Waals surface area contributed by atoms with E-state index < -0.39 is 5.41 Å². The first kappa shape index (κ1) is 11.1. The summed E-state index contributed by atoms with van der Waals surface area (Å²) in [6.45, 7) is 0.399. The lowest BCUT2D eigenvalue weighted by molar-refractivity contribution is -0.124. The van der Waals surface area contributed by atoms with Crippen molar-refractivity contribution in [2.24, 2.45) is 18.2 Å². The van der Waals surface area contributed by atoms with Crippen LogP contribution in [-0.2, 0) is 11.8 Å². The summed E-state index contributed by atoms with van der Waals surface area (Å²) < 4.78 is 1.54. The Labute approximate surface area is 94.2 Å². The number of nitrogens with one attached hydrogen (secondary N) is 1. The summed E-state index contributed by atoms with van der Waals surface area (Å²) in [6, 6.07) is 0. The normalized spacial score (nSPS) is 18.6. The number of anilines is 1. The Balaban J connectivity index is 2.10. The summed E-state index contributed by atoms with van der Waals surface area (Å²) in [6.07, 6.45) is 5.30. The van der Waals surface area contributed by atoms with Crippen LogP contribution in [0, 0.1) is 5.41 Å². The average Bonchev–Trinajstić information content (AvgIpc) is 2.89. The van der Waals surface area contributed by atoms with E-state index in [2.05, 4.69) is 15.4 Å². The van der Waals surface area contributed by atoms with Gasteiger partial charge in [0, 0.05) is 13.6 Å². The van der Waals surface area contributed by atoms with E-state index in [9.17, 15) is 4.79 Å². The van der Waals surface area contributed by atoms with Crippen molar-refractivity contribution in [1.82, 2.24) is 14.8 Å². The molecule has 1 heterocycles. The second kappa shape index (κ2) is 4.21. The first-order valence-corrected chi connectivity index (χ1v) is 5.53. The Morgan fingerprint density at radius 3 is 2.81 bits per heavy atom. The largest absolute Gasteiger partial charge is 0.329 e. The molecule has 0 bridgehead atoms. The van der Waals surface area contributed by atoms with Gasteiger partial charge < -0.3 is 5.73 Å². The zero-order valence-electron chi connectivity index (χ0n) is 9.44. The third-order valence-electron chi connectivity index (χ3n) is 3.37. The molecule has 0 aromatic carbocycles. The minimum atomic E-state index is -0.397. The van der Waals surface area contributed by atoms with Gasteiger partial charge in [0.05, 0.1) is 5.41 Å². The third-order valence-corrected chi connectivity index (χ3v) is 3.37. The maximum Gasteiger partial charge on any atom is 0.234 e. The Hall–Kier alpha value is -1.43. The highest BCUT2D eigenvalue weighted by Crippen LogP contribution is 2.37. The van der Waals surface area contributed by atoms with Gasteiger partial charge in [-0.15, -0.1) is 0 Å². The van der Waals surface area contributed by atoms with Crippen LogP contribution in [-0.4, -0.2) is 27.2 Å². The second-order valence-corrected chi connectivity index (χ2v) is 4.35. The number of hydrogen-bond acceptors (Lipinski definition) is 4. The van der Waals surface area contributed by atoms with Crippen LogP contribution in [0.1, 0.15) is 25.7 Å². The van der Waals surface area contributed by atoms with Gasteiger partial charge >= 0.3 is 0 Å². The number of carbonyl (C=O) groups is 1.